The molecule has 0 saturated carbocycles. The molecule has 28 heavy (non-hydrogen) atoms. The summed E-state index contributed by atoms with van der Waals surface area (Å²) < 4.78 is 7.72. The molecule has 0 amide bonds. The zero-order valence-corrected chi connectivity index (χ0v) is 17.5. The van der Waals surface area contributed by atoms with Gasteiger partial charge in [-0.15, -0.1) is 0 Å². The van der Waals surface area contributed by atoms with Crippen LogP contribution in [0, 0.1) is 0 Å². The van der Waals surface area contributed by atoms with Crippen LogP contribution in [0.1, 0.15) is 11.1 Å². The van der Waals surface area contributed by atoms with Gasteiger partial charge in [-0.1, -0.05) is 53.2 Å². The number of thioether (sulfide) groups is 1. The highest BCUT2D eigenvalue weighted by Crippen LogP contribution is 2.22. The van der Waals surface area contributed by atoms with Crippen molar-refractivity contribution in [3.8, 4) is 5.75 Å². The van der Waals surface area contributed by atoms with Gasteiger partial charge >= 0.3 is 11.4 Å². The quantitative estimate of drug-likeness (QED) is 0.551. The van der Waals surface area contributed by atoms with Gasteiger partial charge < -0.3 is 4.74 Å². The Hall–Kier alpha value is -2.22. The topological polar surface area (TPSA) is 66.1 Å². The fourth-order valence-corrected chi connectivity index (χ4v) is 3.53. The minimum Gasteiger partial charge on any atom is -0.497 e. The van der Waals surface area contributed by atoms with Gasteiger partial charge in [0.05, 0.1) is 30.2 Å². The van der Waals surface area contributed by atoms with Crippen LogP contribution >= 0.6 is 35.0 Å². The van der Waals surface area contributed by atoms with Crippen molar-refractivity contribution in [3.63, 3.8) is 0 Å². The molecule has 0 atom stereocenters. The van der Waals surface area contributed by atoms with Crippen molar-refractivity contribution in [2.24, 2.45) is 0 Å². The molecule has 1 heterocycles. The van der Waals surface area contributed by atoms with Crippen LogP contribution in [-0.4, -0.2) is 27.5 Å². The molecule has 0 bridgehead atoms. The van der Waals surface area contributed by atoms with E-state index in [1.54, 1.807) is 31.6 Å². The van der Waals surface area contributed by atoms with Crippen LogP contribution in [0.2, 0.25) is 10.0 Å². The largest absolute Gasteiger partial charge is 0.497 e. The lowest BCUT2D eigenvalue weighted by Crippen LogP contribution is -2.42. The molecule has 3 rings (SSSR count). The molecule has 0 aliphatic heterocycles. The monoisotopic (exact) mass is 437 g/mol. The van der Waals surface area contributed by atoms with Gasteiger partial charge in [-0.2, -0.15) is 4.98 Å². The maximum atomic E-state index is 13.0. The van der Waals surface area contributed by atoms with Crippen molar-refractivity contribution in [2.45, 2.75) is 18.2 Å². The summed E-state index contributed by atoms with van der Waals surface area (Å²) in [4.78, 5) is 29.5. The molecule has 0 N–H and O–H groups in total. The Kier molecular flexibility index (Phi) is 6.49. The minimum absolute atomic E-state index is 0.0544. The van der Waals surface area contributed by atoms with E-state index in [2.05, 4.69) is 4.98 Å². The summed E-state index contributed by atoms with van der Waals surface area (Å²) in [6.07, 6.45) is 1.77. The summed E-state index contributed by atoms with van der Waals surface area (Å²) >= 11 is 13.2. The Morgan fingerprint density at radius 3 is 2.21 bits per heavy atom. The Morgan fingerprint density at radius 2 is 1.61 bits per heavy atom. The fraction of sp³-hybridized carbons (Fsp3) is 0.211. The first kappa shape index (κ1) is 20.5. The van der Waals surface area contributed by atoms with E-state index in [0.29, 0.717) is 20.8 Å². The number of benzene rings is 2. The van der Waals surface area contributed by atoms with Gasteiger partial charge in [0.2, 0.25) is 0 Å². The lowest BCUT2D eigenvalue weighted by atomic mass is 10.2. The lowest BCUT2D eigenvalue weighted by molar-refractivity contribution is 0.414. The molecule has 0 fully saturated rings. The summed E-state index contributed by atoms with van der Waals surface area (Å²) in [5.41, 5.74) is 0.528. The molecule has 0 saturated heterocycles. The SMILES string of the molecule is COc1ccc(Cn2c(SC)nc(=O)n(Cc3ccc(Cl)c(Cl)c3)c2=O)cc1. The number of ether oxygens (including phenoxy) is 1. The third-order valence-electron chi connectivity index (χ3n) is 4.12. The second kappa shape index (κ2) is 8.86. The zero-order chi connectivity index (χ0) is 20.3. The molecule has 2 aromatic carbocycles. The van der Waals surface area contributed by atoms with Crippen LogP contribution in [0.3, 0.4) is 0 Å². The third kappa shape index (κ3) is 4.43. The molecule has 6 nitrogen and oxygen atoms in total. The molecular weight excluding hydrogens is 421 g/mol. The molecule has 9 heteroatoms. The summed E-state index contributed by atoms with van der Waals surface area (Å²) in [7, 11) is 1.59. The second-order valence-electron chi connectivity index (χ2n) is 5.93. The van der Waals surface area contributed by atoms with Crippen LogP contribution in [0.4, 0.5) is 0 Å². The van der Waals surface area contributed by atoms with Crippen LogP contribution < -0.4 is 16.1 Å². The van der Waals surface area contributed by atoms with Crippen molar-refractivity contribution in [1.29, 1.82) is 0 Å². The predicted octanol–water partition coefficient (Wildman–Crippen LogP) is 3.54. The Bertz CT molecular complexity index is 1110. The van der Waals surface area contributed by atoms with Crippen molar-refractivity contribution >= 4 is 35.0 Å². The average Bonchev–Trinajstić information content (AvgIpc) is 2.70. The highest BCUT2D eigenvalue weighted by molar-refractivity contribution is 7.98. The number of hydrogen-bond donors (Lipinski definition) is 0. The highest BCUT2D eigenvalue weighted by atomic mass is 35.5. The van der Waals surface area contributed by atoms with Crippen molar-refractivity contribution in [2.75, 3.05) is 13.4 Å². The number of methoxy groups -OCH3 is 1. The van der Waals surface area contributed by atoms with Gasteiger partial charge in [0, 0.05) is 0 Å². The molecular formula is C19H17Cl2N3O3S. The predicted molar refractivity (Wildman–Crippen MR) is 112 cm³/mol. The summed E-state index contributed by atoms with van der Waals surface area (Å²) in [5, 5.41) is 1.13. The first-order chi connectivity index (χ1) is 13.4. The van der Waals surface area contributed by atoms with Crippen molar-refractivity contribution in [3.05, 3.63) is 84.6 Å². The zero-order valence-electron chi connectivity index (χ0n) is 15.2. The highest BCUT2D eigenvalue weighted by Gasteiger charge is 2.14. The second-order valence-corrected chi connectivity index (χ2v) is 7.52. The maximum absolute atomic E-state index is 13.0. The molecule has 1 aromatic heterocycles. The van der Waals surface area contributed by atoms with Gasteiger partial charge in [-0.25, -0.2) is 14.2 Å². The molecule has 0 radical (unpaired) electrons. The molecule has 0 unspecified atom stereocenters. The van der Waals surface area contributed by atoms with Gasteiger partial charge in [0.1, 0.15) is 5.75 Å². The maximum Gasteiger partial charge on any atom is 0.354 e. The van der Waals surface area contributed by atoms with Crippen LogP contribution in [0.5, 0.6) is 5.75 Å². The molecule has 146 valence electrons. The van der Waals surface area contributed by atoms with Crippen LogP contribution in [0.15, 0.2) is 57.2 Å². The number of halogens is 2. The molecule has 3 aromatic rings. The smallest absolute Gasteiger partial charge is 0.354 e. The summed E-state index contributed by atoms with van der Waals surface area (Å²) in [6.45, 7) is 0.340. The van der Waals surface area contributed by atoms with E-state index in [0.717, 1.165) is 15.9 Å². The van der Waals surface area contributed by atoms with Gasteiger partial charge in [-0.3, -0.25) is 4.57 Å². The Balaban J connectivity index is 2.01. The third-order valence-corrected chi connectivity index (χ3v) is 5.54. The molecule has 0 spiro atoms. The minimum atomic E-state index is -0.605. The van der Waals surface area contributed by atoms with Gasteiger partial charge in [-0.05, 0) is 41.6 Å². The van der Waals surface area contributed by atoms with Crippen molar-refractivity contribution < 1.29 is 4.74 Å². The van der Waals surface area contributed by atoms with Gasteiger partial charge in [0.15, 0.2) is 5.16 Å². The fourth-order valence-electron chi connectivity index (χ4n) is 2.67. The van der Waals surface area contributed by atoms with E-state index in [1.807, 2.05) is 24.3 Å². The van der Waals surface area contributed by atoms with E-state index in [1.165, 1.54) is 16.3 Å². The summed E-state index contributed by atoms with van der Waals surface area (Å²) in [6, 6.07) is 12.3. The normalized spacial score (nSPS) is 10.9. The van der Waals surface area contributed by atoms with E-state index in [-0.39, 0.29) is 13.1 Å². The number of rotatable bonds is 6. The Labute approximate surface area is 175 Å². The standard InChI is InChI=1S/C19H17Cl2N3O3S/c1-27-14-6-3-12(4-7-14)10-24-18(28-2)22-17(25)23(19(24)26)11-13-5-8-15(20)16(21)9-13/h3-9H,10-11H2,1-2H3. The molecule has 0 aliphatic rings. The van der Waals surface area contributed by atoms with E-state index < -0.39 is 11.4 Å². The average molecular weight is 438 g/mol. The lowest BCUT2D eigenvalue weighted by Gasteiger charge is -2.13. The number of nitrogens with zero attached hydrogens (tertiary/aromatic N) is 3. The van der Waals surface area contributed by atoms with Crippen LogP contribution in [0.25, 0.3) is 0 Å². The van der Waals surface area contributed by atoms with E-state index in [9.17, 15) is 9.59 Å². The number of aromatic nitrogens is 3. The van der Waals surface area contributed by atoms with Gasteiger partial charge in [0.25, 0.3) is 0 Å². The Morgan fingerprint density at radius 1 is 0.964 bits per heavy atom. The molecule has 0 aliphatic carbocycles. The van der Waals surface area contributed by atoms with Crippen molar-refractivity contribution in [1.82, 2.24) is 14.1 Å². The number of hydrogen-bond acceptors (Lipinski definition) is 5. The van der Waals surface area contributed by atoms with E-state index in [4.69, 9.17) is 27.9 Å². The first-order valence-corrected chi connectivity index (χ1v) is 10.2. The van der Waals surface area contributed by atoms with Crippen LogP contribution in [-0.2, 0) is 13.1 Å². The van der Waals surface area contributed by atoms with E-state index >= 15 is 0 Å². The first-order valence-electron chi connectivity index (χ1n) is 8.25. The summed E-state index contributed by atoms with van der Waals surface area (Å²) in [5.74, 6) is 0.726.